The van der Waals surface area contributed by atoms with Crippen LogP contribution >= 0.6 is 0 Å². The van der Waals surface area contributed by atoms with Crippen molar-refractivity contribution in [3.8, 4) is 0 Å². The molecule has 1 aliphatic rings. The first kappa shape index (κ1) is 21.3. The monoisotopic (exact) mass is 385 g/mol. The Morgan fingerprint density at radius 2 is 1.67 bits per heavy atom. The molecule has 27 heavy (non-hydrogen) atoms. The number of carbonyl (C=O) groups is 2. The minimum atomic E-state index is -4.44. The second-order valence-electron chi connectivity index (χ2n) is 7.10. The lowest BCUT2D eigenvalue weighted by molar-refractivity contribution is -0.145. The van der Waals surface area contributed by atoms with Crippen molar-refractivity contribution in [1.82, 2.24) is 4.90 Å². The average Bonchev–Trinajstić information content (AvgIpc) is 2.93. The molecular weight excluding hydrogens is 359 g/mol. The van der Waals surface area contributed by atoms with Gasteiger partial charge in [-0.15, -0.1) is 0 Å². The van der Waals surface area contributed by atoms with Crippen molar-refractivity contribution in [3.05, 3.63) is 35.4 Å². The van der Waals surface area contributed by atoms with Gasteiger partial charge in [0.25, 0.3) is 5.91 Å². The summed E-state index contributed by atoms with van der Waals surface area (Å²) in [4.78, 5) is 26.5. The SMILES string of the molecule is COC(=O)C(C)CN(C(=O)c1ccc(C(F)(F)F)cc1)C1CCCCCC1. The van der Waals surface area contributed by atoms with Gasteiger partial charge in [0.1, 0.15) is 0 Å². The second-order valence-corrected chi connectivity index (χ2v) is 7.10. The van der Waals surface area contributed by atoms with E-state index in [1.54, 1.807) is 11.8 Å². The number of ether oxygens (including phenoxy) is 1. The van der Waals surface area contributed by atoms with Gasteiger partial charge in [-0.2, -0.15) is 13.2 Å². The molecule has 0 heterocycles. The smallest absolute Gasteiger partial charge is 0.416 e. The van der Waals surface area contributed by atoms with Crippen LogP contribution in [0.5, 0.6) is 0 Å². The molecule has 0 aromatic heterocycles. The highest BCUT2D eigenvalue weighted by molar-refractivity contribution is 5.94. The fraction of sp³-hybridized carbons (Fsp3) is 0.600. The summed E-state index contributed by atoms with van der Waals surface area (Å²) in [5, 5.41) is 0. The van der Waals surface area contributed by atoms with Crippen LogP contribution in [0.25, 0.3) is 0 Å². The predicted molar refractivity (Wildman–Crippen MR) is 95.2 cm³/mol. The molecule has 1 aliphatic carbocycles. The van der Waals surface area contributed by atoms with Crippen LogP contribution in [0.2, 0.25) is 0 Å². The summed E-state index contributed by atoms with van der Waals surface area (Å²) in [6.07, 6.45) is 1.42. The number of esters is 1. The van der Waals surface area contributed by atoms with Gasteiger partial charge in [0.05, 0.1) is 18.6 Å². The highest BCUT2D eigenvalue weighted by atomic mass is 19.4. The molecule has 1 atom stereocenters. The van der Waals surface area contributed by atoms with Crippen molar-refractivity contribution in [3.63, 3.8) is 0 Å². The molecule has 0 radical (unpaired) electrons. The molecular formula is C20H26F3NO3. The van der Waals surface area contributed by atoms with E-state index in [-0.39, 0.29) is 24.1 Å². The summed E-state index contributed by atoms with van der Waals surface area (Å²) < 4.78 is 43.1. The topological polar surface area (TPSA) is 46.6 Å². The summed E-state index contributed by atoms with van der Waals surface area (Å²) in [6.45, 7) is 1.88. The van der Waals surface area contributed by atoms with Gasteiger partial charge in [0, 0.05) is 18.2 Å². The Morgan fingerprint density at radius 1 is 1.11 bits per heavy atom. The van der Waals surface area contributed by atoms with Gasteiger partial charge in [-0.1, -0.05) is 32.6 Å². The Hall–Kier alpha value is -2.05. The van der Waals surface area contributed by atoms with Gasteiger partial charge in [-0.05, 0) is 37.1 Å². The Morgan fingerprint density at radius 3 is 2.15 bits per heavy atom. The molecule has 0 bridgehead atoms. The van der Waals surface area contributed by atoms with Gasteiger partial charge < -0.3 is 9.64 Å². The molecule has 0 aliphatic heterocycles. The Labute approximate surface area is 157 Å². The van der Waals surface area contributed by atoms with Crippen LogP contribution in [0.4, 0.5) is 13.2 Å². The van der Waals surface area contributed by atoms with Crippen LogP contribution in [0, 0.1) is 5.92 Å². The van der Waals surface area contributed by atoms with Crippen molar-refractivity contribution in [1.29, 1.82) is 0 Å². The summed E-state index contributed by atoms with van der Waals surface area (Å²) in [7, 11) is 1.30. The molecule has 1 fully saturated rings. The molecule has 7 heteroatoms. The highest BCUT2D eigenvalue weighted by Gasteiger charge is 2.32. The van der Waals surface area contributed by atoms with Crippen molar-refractivity contribution in [2.75, 3.05) is 13.7 Å². The van der Waals surface area contributed by atoms with Gasteiger partial charge in [0.2, 0.25) is 0 Å². The van der Waals surface area contributed by atoms with E-state index in [1.807, 2.05) is 0 Å². The molecule has 2 rings (SSSR count). The third kappa shape index (κ3) is 5.71. The zero-order chi connectivity index (χ0) is 20.0. The molecule has 150 valence electrons. The quantitative estimate of drug-likeness (QED) is 0.546. The number of halogens is 3. The van der Waals surface area contributed by atoms with E-state index in [0.717, 1.165) is 50.7 Å². The van der Waals surface area contributed by atoms with E-state index < -0.39 is 23.6 Å². The number of hydrogen-bond donors (Lipinski definition) is 0. The zero-order valence-corrected chi connectivity index (χ0v) is 15.7. The van der Waals surface area contributed by atoms with Crippen molar-refractivity contribution in [2.24, 2.45) is 5.92 Å². The lowest BCUT2D eigenvalue weighted by Gasteiger charge is -2.33. The standard InChI is InChI=1S/C20H26F3NO3/c1-14(19(26)27-2)13-24(17-7-5-3-4-6-8-17)18(25)15-9-11-16(12-10-15)20(21,22)23/h9-12,14,17H,3-8,13H2,1-2H3. The number of hydrogen-bond acceptors (Lipinski definition) is 3. The molecule has 4 nitrogen and oxygen atoms in total. The molecule has 0 saturated heterocycles. The van der Waals surface area contributed by atoms with E-state index >= 15 is 0 Å². The van der Waals surface area contributed by atoms with Crippen molar-refractivity contribution in [2.45, 2.75) is 57.7 Å². The Bertz CT molecular complexity index is 635. The summed E-state index contributed by atoms with van der Waals surface area (Å²) in [5.74, 6) is -1.25. The zero-order valence-electron chi connectivity index (χ0n) is 15.7. The number of benzene rings is 1. The minimum Gasteiger partial charge on any atom is -0.469 e. The number of nitrogens with zero attached hydrogens (tertiary/aromatic N) is 1. The molecule has 1 amide bonds. The van der Waals surface area contributed by atoms with E-state index in [4.69, 9.17) is 4.74 Å². The van der Waals surface area contributed by atoms with Crippen LogP contribution in [-0.2, 0) is 15.7 Å². The first-order valence-electron chi connectivity index (χ1n) is 9.30. The van der Waals surface area contributed by atoms with Crippen LogP contribution in [0.1, 0.15) is 61.4 Å². The maximum Gasteiger partial charge on any atom is 0.416 e. The molecule has 1 aromatic carbocycles. The van der Waals surface area contributed by atoms with Gasteiger partial charge >= 0.3 is 12.1 Å². The van der Waals surface area contributed by atoms with E-state index in [2.05, 4.69) is 0 Å². The van der Waals surface area contributed by atoms with E-state index in [0.29, 0.717) is 0 Å². The number of alkyl halides is 3. The van der Waals surface area contributed by atoms with Gasteiger partial charge in [-0.25, -0.2) is 0 Å². The Balaban J connectivity index is 2.24. The predicted octanol–water partition coefficient (Wildman–Crippen LogP) is 4.68. The first-order valence-corrected chi connectivity index (χ1v) is 9.30. The molecule has 1 saturated carbocycles. The fourth-order valence-electron chi connectivity index (χ4n) is 3.51. The largest absolute Gasteiger partial charge is 0.469 e. The Kier molecular flexibility index (Phi) is 7.27. The maximum atomic E-state index is 13.1. The van der Waals surface area contributed by atoms with Crippen molar-refractivity contribution < 1.29 is 27.5 Å². The summed E-state index contributed by atoms with van der Waals surface area (Å²) in [6, 6.07) is 4.23. The number of methoxy groups -OCH3 is 1. The number of amides is 1. The highest BCUT2D eigenvalue weighted by Crippen LogP contribution is 2.30. The first-order chi connectivity index (χ1) is 12.7. The van der Waals surface area contributed by atoms with Crippen LogP contribution in [-0.4, -0.2) is 36.5 Å². The third-order valence-corrected chi connectivity index (χ3v) is 5.06. The van der Waals surface area contributed by atoms with E-state index in [9.17, 15) is 22.8 Å². The normalized spacial score (nSPS) is 17.1. The fourth-order valence-corrected chi connectivity index (χ4v) is 3.51. The molecule has 0 spiro atoms. The van der Waals surface area contributed by atoms with Crippen LogP contribution in [0.3, 0.4) is 0 Å². The number of rotatable bonds is 5. The average molecular weight is 385 g/mol. The van der Waals surface area contributed by atoms with E-state index in [1.165, 1.54) is 19.2 Å². The second kappa shape index (κ2) is 9.24. The minimum absolute atomic E-state index is 0.0191. The molecule has 1 unspecified atom stereocenters. The van der Waals surface area contributed by atoms with Crippen LogP contribution < -0.4 is 0 Å². The van der Waals surface area contributed by atoms with Gasteiger partial charge in [-0.3, -0.25) is 9.59 Å². The summed E-state index contributed by atoms with van der Waals surface area (Å²) >= 11 is 0. The lowest BCUT2D eigenvalue weighted by atomic mass is 10.0. The van der Waals surface area contributed by atoms with Crippen molar-refractivity contribution >= 4 is 11.9 Å². The molecule has 0 N–H and O–H groups in total. The molecule has 1 aromatic rings. The number of carbonyl (C=O) groups excluding carboxylic acids is 2. The summed E-state index contributed by atoms with van der Waals surface area (Å²) in [5.41, 5.74) is -0.590. The maximum absolute atomic E-state index is 13.1. The lowest BCUT2D eigenvalue weighted by Crippen LogP contribution is -2.44. The third-order valence-electron chi connectivity index (χ3n) is 5.06. The van der Waals surface area contributed by atoms with Crippen LogP contribution in [0.15, 0.2) is 24.3 Å². The van der Waals surface area contributed by atoms with Gasteiger partial charge in [0.15, 0.2) is 0 Å².